The third-order valence-electron chi connectivity index (χ3n) is 5.09. The second kappa shape index (κ2) is 8.38. The van der Waals surface area contributed by atoms with Crippen LogP contribution in [-0.4, -0.2) is 69.0 Å². The number of hydrogen-bond donors (Lipinski definition) is 1. The summed E-state index contributed by atoms with van der Waals surface area (Å²) in [5, 5.41) is 10.2. The molecule has 3 rings (SSSR count). The summed E-state index contributed by atoms with van der Waals surface area (Å²) in [7, 11) is 0. The molecule has 3 heterocycles. The number of likely N-dealkylation sites (tertiary alicyclic amines) is 2. The Hall–Kier alpha value is -2.02. The van der Waals surface area contributed by atoms with E-state index >= 15 is 0 Å². The zero-order valence-electron chi connectivity index (χ0n) is 14.5. The summed E-state index contributed by atoms with van der Waals surface area (Å²) < 4.78 is 0. The molecule has 2 aliphatic rings. The zero-order valence-corrected chi connectivity index (χ0v) is 14.5. The third kappa shape index (κ3) is 4.75. The monoisotopic (exact) mass is 346 g/mol. The van der Waals surface area contributed by atoms with E-state index in [-0.39, 0.29) is 17.7 Å². The smallest absolute Gasteiger partial charge is 0.222 e. The number of hydrogen-bond acceptors (Lipinski definition) is 5. The van der Waals surface area contributed by atoms with Gasteiger partial charge >= 0.3 is 0 Å². The lowest BCUT2D eigenvalue weighted by atomic mass is 10.0. The van der Waals surface area contributed by atoms with Crippen LogP contribution in [0.25, 0.3) is 0 Å². The predicted molar refractivity (Wildman–Crippen MR) is 91.5 cm³/mol. The molecular weight excluding hydrogens is 320 g/mol. The molecule has 0 aromatic carbocycles. The van der Waals surface area contributed by atoms with Crippen molar-refractivity contribution >= 4 is 11.8 Å². The van der Waals surface area contributed by atoms with Crippen LogP contribution in [0.1, 0.15) is 37.8 Å². The average Bonchev–Trinajstić information content (AvgIpc) is 2.98. The first-order valence-electron chi connectivity index (χ1n) is 9.12. The predicted octanol–water partition coefficient (Wildman–Crippen LogP) is 0.631. The van der Waals surface area contributed by atoms with E-state index in [2.05, 4.69) is 9.97 Å². The number of aliphatic hydroxyl groups excluding tert-OH is 1. The van der Waals surface area contributed by atoms with Crippen molar-refractivity contribution in [2.24, 2.45) is 5.92 Å². The van der Waals surface area contributed by atoms with Crippen LogP contribution in [0.5, 0.6) is 0 Å². The molecular formula is C18H26N4O3. The number of carbonyl (C=O) groups is 2. The topological polar surface area (TPSA) is 86.6 Å². The SMILES string of the molecule is O=C1CCCCN1CCCC(=O)N1C[C@@H](Cc2cnccn2)[C@H](O)C1. The average molecular weight is 346 g/mol. The second-order valence-corrected chi connectivity index (χ2v) is 6.97. The molecule has 1 aromatic rings. The molecule has 0 unspecified atom stereocenters. The van der Waals surface area contributed by atoms with Gasteiger partial charge in [-0.1, -0.05) is 0 Å². The number of piperidine rings is 1. The van der Waals surface area contributed by atoms with Crippen molar-refractivity contribution in [1.82, 2.24) is 19.8 Å². The molecule has 0 aliphatic carbocycles. The minimum Gasteiger partial charge on any atom is -0.391 e. The van der Waals surface area contributed by atoms with Gasteiger partial charge in [0.1, 0.15) is 0 Å². The summed E-state index contributed by atoms with van der Waals surface area (Å²) >= 11 is 0. The van der Waals surface area contributed by atoms with Crippen molar-refractivity contribution < 1.29 is 14.7 Å². The van der Waals surface area contributed by atoms with Crippen molar-refractivity contribution in [2.75, 3.05) is 26.2 Å². The molecule has 2 aliphatic heterocycles. The van der Waals surface area contributed by atoms with Gasteiger partial charge in [0.05, 0.1) is 11.8 Å². The Morgan fingerprint density at radius 1 is 1.28 bits per heavy atom. The molecule has 2 fully saturated rings. The highest BCUT2D eigenvalue weighted by molar-refractivity contribution is 5.78. The molecule has 0 saturated carbocycles. The Balaban J connectivity index is 1.42. The van der Waals surface area contributed by atoms with Crippen LogP contribution in [0.3, 0.4) is 0 Å². The quantitative estimate of drug-likeness (QED) is 0.816. The van der Waals surface area contributed by atoms with E-state index in [1.54, 1.807) is 23.5 Å². The number of aromatic nitrogens is 2. The van der Waals surface area contributed by atoms with E-state index in [1.165, 1.54) is 0 Å². The lowest BCUT2D eigenvalue weighted by molar-refractivity contribution is -0.135. The fourth-order valence-corrected chi connectivity index (χ4v) is 3.64. The van der Waals surface area contributed by atoms with Gasteiger partial charge in [-0.3, -0.25) is 19.6 Å². The summed E-state index contributed by atoms with van der Waals surface area (Å²) in [6, 6.07) is 0. The summed E-state index contributed by atoms with van der Waals surface area (Å²) in [5.41, 5.74) is 0.837. The van der Waals surface area contributed by atoms with E-state index in [4.69, 9.17) is 0 Å². The van der Waals surface area contributed by atoms with Gasteiger partial charge in [-0.25, -0.2) is 0 Å². The maximum absolute atomic E-state index is 12.4. The van der Waals surface area contributed by atoms with Crippen molar-refractivity contribution in [2.45, 2.75) is 44.6 Å². The van der Waals surface area contributed by atoms with E-state index in [0.29, 0.717) is 45.3 Å². The highest BCUT2D eigenvalue weighted by Gasteiger charge is 2.34. The van der Waals surface area contributed by atoms with Gasteiger partial charge in [0.25, 0.3) is 0 Å². The number of amides is 2. The number of nitrogens with zero attached hydrogens (tertiary/aromatic N) is 4. The highest BCUT2D eigenvalue weighted by atomic mass is 16.3. The van der Waals surface area contributed by atoms with Gasteiger partial charge in [-0.2, -0.15) is 0 Å². The third-order valence-corrected chi connectivity index (χ3v) is 5.09. The molecule has 0 radical (unpaired) electrons. The van der Waals surface area contributed by atoms with Crippen LogP contribution < -0.4 is 0 Å². The number of carbonyl (C=O) groups excluding carboxylic acids is 2. The van der Waals surface area contributed by atoms with E-state index in [1.807, 2.05) is 4.90 Å². The maximum Gasteiger partial charge on any atom is 0.222 e. The summed E-state index contributed by atoms with van der Waals surface area (Å²) in [6.45, 7) is 2.41. The lowest BCUT2D eigenvalue weighted by Crippen LogP contribution is -2.37. The molecule has 2 atom stereocenters. The first-order valence-corrected chi connectivity index (χ1v) is 9.12. The minimum absolute atomic E-state index is 0.00400. The number of aliphatic hydroxyl groups is 1. The molecule has 1 aromatic heterocycles. The molecule has 2 amide bonds. The van der Waals surface area contributed by atoms with Crippen molar-refractivity contribution in [3.05, 3.63) is 24.3 Å². The molecule has 0 spiro atoms. The molecule has 0 bridgehead atoms. The van der Waals surface area contributed by atoms with Gasteiger partial charge in [0.2, 0.25) is 11.8 Å². The van der Waals surface area contributed by atoms with Gasteiger partial charge in [-0.05, 0) is 25.7 Å². The number of β-amino-alcohol motifs (C(OH)–C–C–N with tert-alkyl or cyclic N) is 1. The van der Waals surface area contributed by atoms with Gasteiger partial charge in [0, 0.05) is 63.5 Å². The van der Waals surface area contributed by atoms with E-state index in [9.17, 15) is 14.7 Å². The first kappa shape index (κ1) is 17.8. The Morgan fingerprint density at radius 2 is 2.16 bits per heavy atom. The van der Waals surface area contributed by atoms with Crippen LogP contribution in [0.4, 0.5) is 0 Å². The van der Waals surface area contributed by atoms with Crippen LogP contribution >= 0.6 is 0 Å². The molecule has 7 heteroatoms. The summed E-state index contributed by atoms with van der Waals surface area (Å²) in [6.07, 6.45) is 8.85. The van der Waals surface area contributed by atoms with Crippen molar-refractivity contribution in [1.29, 1.82) is 0 Å². The van der Waals surface area contributed by atoms with Gasteiger partial charge in [0.15, 0.2) is 0 Å². The maximum atomic E-state index is 12.4. The molecule has 2 saturated heterocycles. The highest BCUT2D eigenvalue weighted by Crippen LogP contribution is 2.21. The summed E-state index contributed by atoms with van der Waals surface area (Å²) in [4.78, 5) is 36.1. The standard InChI is InChI=1S/C18H26N4O3/c23-16-13-22(12-14(16)10-15-11-19-6-7-20-15)18(25)5-3-9-21-8-2-1-4-17(21)24/h6-7,11,14,16,23H,1-5,8-10,12-13H2/t14-,16-/m1/s1. The van der Waals surface area contributed by atoms with E-state index in [0.717, 1.165) is 25.1 Å². The second-order valence-electron chi connectivity index (χ2n) is 6.97. The van der Waals surface area contributed by atoms with Crippen LogP contribution in [-0.2, 0) is 16.0 Å². The summed E-state index contributed by atoms with van der Waals surface area (Å²) in [5.74, 6) is 0.272. The lowest BCUT2D eigenvalue weighted by Gasteiger charge is -2.26. The van der Waals surface area contributed by atoms with Gasteiger partial charge < -0.3 is 14.9 Å². The molecule has 7 nitrogen and oxygen atoms in total. The zero-order chi connectivity index (χ0) is 17.6. The van der Waals surface area contributed by atoms with Crippen LogP contribution in [0, 0.1) is 5.92 Å². The molecule has 1 N–H and O–H groups in total. The van der Waals surface area contributed by atoms with Crippen LogP contribution in [0.2, 0.25) is 0 Å². The Bertz CT molecular complexity index is 595. The fourth-order valence-electron chi connectivity index (χ4n) is 3.64. The van der Waals surface area contributed by atoms with Crippen LogP contribution in [0.15, 0.2) is 18.6 Å². The molecule has 136 valence electrons. The van der Waals surface area contributed by atoms with Crippen molar-refractivity contribution in [3.63, 3.8) is 0 Å². The Kier molecular flexibility index (Phi) is 5.96. The Labute approximate surface area is 148 Å². The van der Waals surface area contributed by atoms with Crippen molar-refractivity contribution in [3.8, 4) is 0 Å². The Morgan fingerprint density at radius 3 is 2.92 bits per heavy atom. The fraction of sp³-hybridized carbons (Fsp3) is 0.667. The normalized spacial score (nSPS) is 24.0. The number of rotatable bonds is 6. The largest absolute Gasteiger partial charge is 0.391 e. The molecule has 25 heavy (non-hydrogen) atoms. The minimum atomic E-state index is -0.519. The van der Waals surface area contributed by atoms with Gasteiger partial charge in [-0.15, -0.1) is 0 Å². The van der Waals surface area contributed by atoms with E-state index < -0.39 is 6.10 Å². The first-order chi connectivity index (χ1) is 12.1.